The third-order valence-electron chi connectivity index (χ3n) is 3.70. The van der Waals surface area contributed by atoms with Crippen LogP contribution in [0.2, 0.25) is 5.02 Å². The Morgan fingerprint density at radius 2 is 1.84 bits per heavy atom. The number of nitrogens with one attached hydrogen (secondary N) is 1. The average molecular weight is 361 g/mol. The number of hydrogen-bond donors (Lipinski definition) is 1. The summed E-state index contributed by atoms with van der Waals surface area (Å²) < 4.78 is 5.90. The van der Waals surface area contributed by atoms with E-state index in [-0.39, 0.29) is 18.2 Å². The zero-order chi connectivity index (χ0) is 18.4. The number of ether oxygens (including phenoxy) is 1. The number of nitrogens with zero attached hydrogens (tertiary/aromatic N) is 1. The number of amides is 1. The number of carbonyl (C=O) groups is 1. The largest absolute Gasteiger partial charge is 0.489 e. The Labute approximate surface area is 152 Å². The first-order valence-electron chi connectivity index (χ1n) is 7.79. The SMILES string of the molecule is CNC(=O)/C(=N\OC)c1ccccc1COc1cc(C)c(Cl)c(C)c1. The first-order valence-corrected chi connectivity index (χ1v) is 8.16. The maximum atomic E-state index is 12.1. The number of carbonyl (C=O) groups excluding carboxylic acids is 1. The van der Waals surface area contributed by atoms with Crippen molar-refractivity contribution in [2.75, 3.05) is 14.2 Å². The molecular formula is C19H21ClN2O3. The summed E-state index contributed by atoms with van der Waals surface area (Å²) in [6.07, 6.45) is 0. The number of oxime groups is 1. The van der Waals surface area contributed by atoms with Gasteiger partial charge in [-0.25, -0.2) is 0 Å². The first kappa shape index (κ1) is 18.8. The molecule has 132 valence electrons. The highest BCUT2D eigenvalue weighted by Gasteiger charge is 2.17. The summed E-state index contributed by atoms with van der Waals surface area (Å²) in [5, 5.41) is 7.16. The lowest BCUT2D eigenvalue weighted by molar-refractivity contribution is -0.114. The highest BCUT2D eigenvalue weighted by atomic mass is 35.5. The third kappa shape index (κ3) is 4.51. The molecule has 0 saturated heterocycles. The Kier molecular flexibility index (Phi) is 6.42. The van der Waals surface area contributed by atoms with Gasteiger partial charge in [-0.1, -0.05) is 41.0 Å². The Hall–Kier alpha value is -2.53. The summed E-state index contributed by atoms with van der Waals surface area (Å²) >= 11 is 6.19. The van der Waals surface area contributed by atoms with Gasteiger partial charge in [-0.05, 0) is 42.7 Å². The minimum absolute atomic E-state index is 0.202. The zero-order valence-corrected chi connectivity index (χ0v) is 15.5. The van der Waals surface area contributed by atoms with Crippen LogP contribution in [0.15, 0.2) is 41.6 Å². The van der Waals surface area contributed by atoms with Crippen molar-refractivity contribution < 1.29 is 14.4 Å². The van der Waals surface area contributed by atoms with E-state index in [9.17, 15) is 4.79 Å². The molecule has 0 aliphatic rings. The molecule has 0 aromatic heterocycles. The monoisotopic (exact) mass is 360 g/mol. The number of halogens is 1. The molecule has 0 aliphatic heterocycles. The number of hydrogen-bond acceptors (Lipinski definition) is 4. The molecule has 2 aromatic carbocycles. The standard InChI is InChI=1S/C19H21ClN2O3/c1-12-9-15(10-13(2)17(12)20)25-11-14-7-5-6-8-16(14)18(22-24-4)19(23)21-3/h5-10H,11H2,1-4H3,(H,21,23)/b22-18-. The van der Waals surface area contributed by atoms with Crippen LogP contribution in [0.3, 0.4) is 0 Å². The van der Waals surface area contributed by atoms with Crippen LogP contribution in [0, 0.1) is 13.8 Å². The second kappa shape index (κ2) is 8.53. The molecule has 0 atom stereocenters. The predicted molar refractivity (Wildman–Crippen MR) is 99.3 cm³/mol. The van der Waals surface area contributed by atoms with E-state index in [0.29, 0.717) is 5.56 Å². The summed E-state index contributed by atoms with van der Waals surface area (Å²) in [6, 6.07) is 11.2. The van der Waals surface area contributed by atoms with Gasteiger partial charge in [-0.2, -0.15) is 0 Å². The molecule has 6 heteroatoms. The number of benzene rings is 2. The van der Waals surface area contributed by atoms with Crippen molar-refractivity contribution in [1.82, 2.24) is 5.32 Å². The fourth-order valence-corrected chi connectivity index (χ4v) is 2.56. The van der Waals surface area contributed by atoms with E-state index in [4.69, 9.17) is 21.2 Å². The summed E-state index contributed by atoms with van der Waals surface area (Å²) in [7, 11) is 2.95. The van der Waals surface area contributed by atoms with Crippen molar-refractivity contribution in [3.63, 3.8) is 0 Å². The topological polar surface area (TPSA) is 59.9 Å². The van der Waals surface area contributed by atoms with Crippen molar-refractivity contribution in [3.05, 3.63) is 63.7 Å². The highest BCUT2D eigenvalue weighted by Crippen LogP contribution is 2.26. The average Bonchev–Trinajstić information content (AvgIpc) is 2.62. The zero-order valence-electron chi connectivity index (χ0n) is 14.7. The lowest BCUT2D eigenvalue weighted by Crippen LogP contribution is -2.29. The molecule has 0 heterocycles. The van der Waals surface area contributed by atoms with Gasteiger partial charge in [0.1, 0.15) is 19.5 Å². The van der Waals surface area contributed by atoms with E-state index < -0.39 is 0 Å². The van der Waals surface area contributed by atoms with Crippen LogP contribution >= 0.6 is 11.6 Å². The molecule has 0 bridgehead atoms. The van der Waals surface area contributed by atoms with Crippen molar-refractivity contribution in [2.45, 2.75) is 20.5 Å². The Balaban J connectivity index is 2.29. The lowest BCUT2D eigenvalue weighted by Gasteiger charge is -2.13. The van der Waals surface area contributed by atoms with Crippen molar-refractivity contribution in [1.29, 1.82) is 0 Å². The van der Waals surface area contributed by atoms with Crippen LogP contribution in [0.1, 0.15) is 22.3 Å². The second-order valence-corrected chi connectivity index (χ2v) is 5.90. The molecule has 2 rings (SSSR count). The minimum Gasteiger partial charge on any atom is -0.489 e. The second-order valence-electron chi connectivity index (χ2n) is 5.52. The van der Waals surface area contributed by atoms with Crippen molar-refractivity contribution in [3.8, 4) is 5.75 Å². The lowest BCUT2D eigenvalue weighted by atomic mass is 10.0. The van der Waals surface area contributed by atoms with Crippen LogP contribution < -0.4 is 10.1 Å². The molecule has 0 radical (unpaired) electrons. The minimum atomic E-state index is -0.326. The van der Waals surface area contributed by atoms with Gasteiger partial charge in [0.2, 0.25) is 0 Å². The Morgan fingerprint density at radius 1 is 1.20 bits per heavy atom. The molecule has 0 aliphatic carbocycles. The van der Waals surface area contributed by atoms with E-state index in [1.165, 1.54) is 7.11 Å². The molecule has 5 nitrogen and oxygen atoms in total. The van der Waals surface area contributed by atoms with Crippen molar-refractivity contribution >= 4 is 23.2 Å². The van der Waals surface area contributed by atoms with E-state index in [1.54, 1.807) is 7.05 Å². The molecule has 25 heavy (non-hydrogen) atoms. The van der Waals surface area contributed by atoms with Gasteiger partial charge in [0.15, 0.2) is 5.71 Å². The molecular weight excluding hydrogens is 340 g/mol. The van der Waals surface area contributed by atoms with Gasteiger partial charge < -0.3 is 14.9 Å². The molecule has 1 N–H and O–H groups in total. The summed E-state index contributed by atoms with van der Waals surface area (Å²) in [4.78, 5) is 16.9. The molecule has 2 aromatic rings. The Morgan fingerprint density at radius 3 is 2.44 bits per heavy atom. The van der Waals surface area contributed by atoms with Crippen LogP contribution in [0.4, 0.5) is 0 Å². The van der Waals surface area contributed by atoms with Crippen LogP contribution in [0.25, 0.3) is 0 Å². The number of likely N-dealkylation sites (N-methyl/N-ethyl adjacent to an activating group) is 1. The normalized spacial score (nSPS) is 11.2. The maximum absolute atomic E-state index is 12.1. The fraction of sp³-hybridized carbons (Fsp3) is 0.263. The van der Waals surface area contributed by atoms with Gasteiger partial charge in [0.25, 0.3) is 5.91 Å². The molecule has 0 saturated carbocycles. The van der Waals surface area contributed by atoms with Crippen molar-refractivity contribution in [2.24, 2.45) is 5.16 Å². The molecule has 1 amide bonds. The highest BCUT2D eigenvalue weighted by molar-refractivity contribution is 6.45. The third-order valence-corrected chi connectivity index (χ3v) is 4.30. The fourth-order valence-electron chi connectivity index (χ4n) is 2.45. The molecule has 0 unspecified atom stereocenters. The van der Waals surface area contributed by atoms with E-state index in [1.807, 2.05) is 50.2 Å². The summed E-state index contributed by atoms with van der Waals surface area (Å²) in [5.74, 6) is 0.395. The molecule has 0 spiro atoms. The van der Waals surface area contributed by atoms with E-state index >= 15 is 0 Å². The van der Waals surface area contributed by atoms with Crippen LogP contribution in [-0.4, -0.2) is 25.8 Å². The quantitative estimate of drug-likeness (QED) is 0.632. The molecule has 0 fully saturated rings. The van der Waals surface area contributed by atoms with Gasteiger partial charge in [0, 0.05) is 17.6 Å². The smallest absolute Gasteiger partial charge is 0.273 e. The van der Waals surface area contributed by atoms with Gasteiger partial charge in [-0.15, -0.1) is 0 Å². The van der Waals surface area contributed by atoms with E-state index in [0.717, 1.165) is 27.5 Å². The Bertz CT molecular complexity index is 780. The number of rotatable bonds is 6. The summed E-state index contributed by atoms with van der Waals surface area (Å²) in [6.45, 7) is 4.16. The van der Waals surface area contributed by atoms with Crippen LogP contribution in [0.5, 0.6) is 5.75 Å². The number of aryl methyl sites for hydroxylation is 2. The predicted octanol–water partition coefficient (Wildman–Crippen LogP) is 3.63. The summed E-state index contributed by atoms with van der Waals surface area (Å²) in [5.41, 5.74) is 3.60. The first-order chi connectivity index (χ1) is 12.0. The van der Waals surface area contributed by atoms with Gasteiger partial charge >= 0.3 is 0 Å². The maximum Gasteiger partial charge on any atom is 0.273 e. The van der Waals surface area contributed by atoms with Crippen LogP contribution in [-0.2, 0) is 16.2 Å². The van der Waals surface area contributed by atoms with E-state index in [2.05, 4.69) is 10.5 Å². The van der Waals surface area contributed by atoms with Gasteiger partial charge in [-0.3, -0.25) is 4.79 Å². The van der Waals surface area contributed by atoms with Gasteiger partial charge in [0.05, 0.1) is 0 Å².